The van der Waals surface area contributed by atoms with Gasteiger partial charge in [0.2, 0.25) is 0 Å². The normalized spacial score (nSPS) is 12.8. The quantitative estimate of drug-likeness (QED) is 0.522. The van der Waals surface area contributed by atoms with Gasteiger partial charge in [0.05, 0.1) is 10.4 Å². The summed E-state index contributed by atoms with van der Waals surface area (Å²) in [6, 6.07) is 7.74. The number of benzene rings is 1. The lowest BCUT2D eigenvalue weighted by Gasteiger charge is -2.09. The maximum absolute atomic E-state index is 6.42. The van der Waals surface area contributed by atoms with E-state index in [0.717, 1.165) is 19.4 Å². The van der Waals surface area contributed by atoms with Gasteiger partial charge in [0.15, 0.2) is 0 Å². The van der Waals surface area contributed by atoms with Gasteiger partial charge in [0, 0.05) is 13.8 Å². The summed E-state index contributed by atoms with van der Waals surface area (Å²) in [5.74, 6) is 0. The van der Waals surface area contributed by atoms with Gasteiger partial charge in [-0.3, -0.25) is 0 Å². The molecule has 0 radical (unpaired) electrons. The van der Waals surface area contributed by atoms with E-state index in [1.54, 1.807) is 11.3 Å². The van der Waals surface area contributed by atoms with Crippen LogP contribution in [0.5, 0.6) is 0 Å². The van der Waals surface area contributed by atoms with Crippen LogP contribution >= 0.6 is 66.4 Å². The van der Waals surface area contributed by atoms with E-state index in [9.17, 15) is 0 Å². The summed E-state index contributed by atoms with van der Waals surface area (Å²) in [6.07, 6.45) is 0. The Kier molecular flexibility index (Phi) is 4.36. The van der Waals surface area contributed by atoms with Crippen molar-refractivity contribution in [3.8, 4) is 0 Å². The molecule has 0 nitrogen and oxygen atoms in total. The molecule has 1 heterocycles. The van der Waals surface area contributed by atoms with E-state index in [0.29, 0.717) is 5.02 Å². The molecular formula is C11H6Br2Cl2S. The van der Waals surface area contributed by atoms with Crippen LogP contribution in [0, 0.1) is 0 Å². The van der Waals surface area contributed by atoms with Crippen LogP contribution in [0.2, 0.25) is 5.02 Å². The zero-order valence-electron chi connectivity index (χ0n) is 7.88. The second kappa shape index (κ2) is 5.40. The number of alkyl halides is 1. The van der Waals surface area contributed by atoms with Crippen molar-refractivity contribution in [2.75, 3.05) is 0 Å². The molecule has 2 rings (SSSR count). The second-order valence-electron chi connectivity index (χ2n) is 3.17. The highest BCUT2D eigenvalue weighted by atomic mass is 79.9. The topological polar surface area (TPSA) is 0 Å². The third-order valence-electron chi connectivity index (χ3n) is 2.11. The lowest BCUT2D eigenvalue weighted by Crippen LogP contribution is -1.91. The molecule has 0 bridgehead atoms. The van der Waals surface area contributed by atoms with E-state index >= 15 is 0 Å². The minimum atomic E-state index is -0.150. The van der Waals surface area contributed by atoms with Crippen LogP contribution in [0.4, 0.5) is 0 Å². The van der Waals surface area contributed by atoms with Gasteiger partial charge in [-0.1, -0.05) is 17.7 Å². The number of halogens is 4. The average Bonchev–Trinajstić information content (AvgIpc) is 2.67. The van der Waals surface area contributed by atoms with Crippen molar-refractivity contribution < 1.29 is 0 Å². The molecule has 0 saturated heterocycles. The van der Waals surface area contributed by atoms with Crippen LogP contribution in [-0.2, 0) is 0 Å². The van der Waals surface area contributed by atoms with Crippen molar-refractivity contribution in [2.24, 2.45) is 0 Å². The molecule has 1 unspecified atom stereocenters. The highest BCUT2D eigenvalue weighted by Crippen LogP contribution is 2.39. The standard InChI is InChI=1S/C11H6Br2Cl2S/c12-7-3-4-16-11(7)10(15)6-1-2-9(14)8(13)5-6/h1-5,10H. The zero-order chi connectivity index (χ0) is 11.7. The molecule has 0 amide bonds. The molecule has 0 aliphatic rings. The lowest BCUT2D eigenvalue weighted by atomic mass is 10.1. The van der Waals surface area contributed by atoms with Crippen LogP contribution in [0.1, 0.15) is 15.8 Å². The predicted octanol–water partition coefficient (Wildman–Crippen LogP) is 6.25. The van der Waals surface area contributed by atoms with E-state index in [1.165, 1.54) is 0 Å². The Balaban J connectivity index is 2.38. The molecule has 0 aliphatic carbocycles. The summed E-state index contributed by atoms with van der Waals surface area (Å²) in [4.78, 5) is 1.11. The van der Waals surface area contributed by atoms with Crippen LogP contribution in [0.3, 0.4) is 0 Å². The van der Waals surface area contributed by atoms with Gasteiger partial charge in [-0.05, 0) is 61.0 Å². The molecule has 84 valence electrons. The number of hydrogen-bond acceptors (Lipinski definition) is 1. The fourth-order valence-corrected chi connectivity index (χ4v) is 3.96. The van der Waals surface area contributed by atoms with Crippen molar-refractivity contribution in [1.29, 1.82) is 0 Å². The highest BCUT2D eigenvalue weighted by molar-refractivity contribution is 9.10. The van der Waals surface area contributed by atoms with Crippen LogP contribution in [0.25, 0.3) is 0 Å². The van der Waals surface area contributed by atoms with Crippen molar-refractivity contribution in [3.63, 3.8) is 0 Å². The van der Waals surface area contributed by atoms with Crippen molar-refractivity contribution in [2.45, 2.75) is 5.38 Å². The number of rotatable bonds is 2. The number of thiophene rings is 1. The summed E-state index contributed by atoms with van der Waals surface area (Å²) < 4.78 is 1.91. The molecule has 1 atom stereocenters. The Morgan fingerprint density at radius 3 is 2.44 bits per heavy atom. The summed E-state index contributed by atoms with van der Waals surface area (Å²) in [5, 5.41) is 2.56. The molecule has 0 spiro atoms. The van der Waals surface area contributed by atoms with E-state index < -0.39 is 0 Å². The molecular weight excluding hydrogens is 395 g/mol. The Morgan fingerprint density at radius 1 is 1.12 bits per heavy atom. The van der Waals surface area contributed by atoms with Gasteiger partial charge < -0.3 is 0 Å². The lowest BCUT2D eigenvalue weighted by molar-refractivity contribution is 1.17. The Hall–Kier alpha value is 0.460. The monoisotopic (exact) mass is 398 g/mol. The highest BCUT2D eigenvalue weighted by Gasteiger charge is 2.16. The van der Waals surface area contributed by atoms with E-state index in [2.05, 4.69) is 31.9 Å². The first-order valence-corrected chi connectivity index (χ1v) is 7.69. The molecule has 1 aromatic carbocycles. The van der Waals surface area contributed by atoms with Gasteiger partial charge in [0.1, 0.15) is 0 Å². The predicted molar refractivity (Wildman–Crippen MR) is 78.9 cm³/mol. The van der Waals surface area contributed by atoms with Gasteiger partial charge in [-0.15, -0.1) is 22.9 Å². The van der Waals surface area contributed by atoms with Crippen LogP contribution < -0.4 is 0 Å². The summed E-state index contributed by atoms with van der Waals surface area (Å²) in [7, 11) is 0. The Bertz CT molecular complexity index is 510. The van der Waals surface area contributed by atoms with E-state index in [-0.39, 0.29) is 5.38 Å². The summed E-state index contributed by atoms with van der Waals surface area (Å²) in [6.45, 7) is 0. The Morgan fingerprint density at radius 2 is 1.88 bits per heavy atom. The minimum absolute atomic E-state index is 0.150. The maximum Gasteiger partial charge on any atom is 0.0939 e. The van der Waals surface area contributed by atoms with Gasteiger partial charge in [0.25, 0.3) is 0 Å². The van der Waals surface area contributed by atoms with E-state index in [4.69, 9.17) is 23.2 Å². The zero-order valence-corrected chi connectivity index (χ0v) is 13.4. The molecule has 0 saturated carbocycles. The largest absolute Gasteiger partial charge is 0.146 e. The molecule has 5 heteroatoms. The summed E-state index contributed by atoms with van der Waals surface area (Å²) >= 11 is 20.9. The fourth-order valence-electron chi connectivity index (χ4n) is 1.31. The molecule has 0 fully saturated rings. The van der Waals surface area contributed by atoms with Crippen molar-refractivity contribution in [1.82, 2.24) is 0 Å². The van der Waals surface area contributed by atoms with Crippen molar-refractivity contribution in [3.05, 3.63) is 54.1 Å². The molecule has 0 N–H and O–H groups in total. The minimum Gasteiger partial charge on any atom is -0.146 e. The van der Waals surface area contributed by atoms with Crippen LogP contribution in [0.15, 0.2) is 38.6 Å². The van der Waals surface area contributed by atoms with Gasteiger partial charge in [-0.2, -0.15) is 0 Å². The third kappa shape index (κ3) is 2.65. The van der Waals surface area contributed by atoms with Crippen molar-refractivity contribution >= 4 is 66.4 Å². The summed E-state index contributed by atoms with van der Waals surface area (Å²) in [5.41, 5.74) is 1.03. The number of hydrogen-bond donors (Lipinski definition) is 0. The molecule has 1 aromatic heterocycles. The van der Waals surface area contributed by atoms with Gasteiger partial charge >= 0.3 is 0 Å². The Labute approximate surface area is 125 Å². The smallest absolute Gasteiger partial charge is 0.0939 e. The maximum atomic E-state index is 6.42. The first-order valence-electron chi connectivity index (χ1n) is 4.41. The first-order chi connectivity index (χ1) is 7.59. The van der Waals surface area contributed by atoms with Crippen LogP contribution in [-0.4, -0.2) is 0 Å². The first kappa shape index (κ1) is 12.9. The fraction of sp³-hybridized carbons (Fsp3) is 0.0909. The molecule has 0 aliphatic heterocycles. The third-order valence-corrected chi connectivity index (χ3v) is 5.86. The van der Waals surface area contributed by atoms with E-state index in [1.807, 2.05) is 29.6 Å². The molecule has 2 aromatic rings. The average molecular weight is 401 g/mol. The second-order valence-corrected chi connectivity index (χ2v) is 6.67. The van der Waals surface area contributed by atoms with Gasteiger partial charge in [-0.25, -0.2) is 0 Å². The molecule has 16 heavy (non-hydrogen) atoms. The SMILES string of the molecule is Clc1ccc(C(Cl)c2sccc2Br)cc1Br.